The number of likely N-dealkylation sites (tertiary alicyclic amines) is 1. The number of benzene rings is 2. The minimum atomic E-state index is -0.314. The lowest BCUT2D eigenvalue weighted by atomic mass is 9.93. The van der Waals surface area contributed by atoms with Crippen LogP contribution >= 0.6 is 11.6 Å². The average Bonchev–Trinajstić information content (AvgIpc) is 2.76. The van der Waals surface area contributed by atoms with Gasteiger partial charge in [-0.2, -0.15) is 0 Å². The van der Waals surface area contributed by atoms with Crippen molar-refractivity contribution in [1.82, 2.24) is 14.9 Å². The van der Waals surface area contributed by atoms with Crippen LogP contribution in [0.25, 0.3) is 11.1 Å². The first-order valence-corrected chi connectivity index (χ1v) is 10.3. The molecule has 0 saturated carbocycles. The minimum absolute atomic E-state index is 0.00875. The zero-order chi connectivity index (χ0) is 21.1. The van der Waals surface area contributed by atoms with Gasteiger partial charge in [0, 0.05) is 23.3 Å². The van der Waals surface area contributed by atoms with E-state index in [1.807, 2.05) is 29.2 Å². The summed E-state index contributed by atoms with van der Waals surface area (Å²) in [6, 6.07) is 13.3. The van der Waals surface area contributed by atoms with E-state index in [9.17, 15) is 9.18 Å². The molecular formula is C23H22ClFN4O. The lowest BCUT2D eigenvalue weighted by Gasteiger charge is -2.36. The molecule has 2 aromatic carbocycles. The van der Waals surface area contributed by atoms with Gasteiger partial charge in [-0.1, -0.05) is 35.9 Å². The predicted molar refractivity (Wildman–Crippen MR) is 115 cm³/mol. The van der Waals surface area contributed by atoms with Gasteiger partial charge in [-0.05, 0) is 54.7 Å². The molecule has 4 rings (SSSR count). The third kappa shape index (κ3) is 4.44. The van der Waals surface area contributed by atoms with E-state index < -0.39 is 0 Å². The fourth-order valence-electron chi connectivity index (χ4n) is 3.91. The molecule has 0 aliphatic carbocycles. The second kappa shape index (κ2) is 8.79. The van der Waals surface area contributed by atoms with Gasteiger partial charge >= 0.3 is 0 Å². The number of nitrogens with two attached hydrogens (primary N) is 1. The maximum atomic E-state index is 13.2. The largest absolute Gasteiger partial charge is 0.368 e. The van der Waals surface area contributed by atoms with Gasteiger partial charge < -0.3 is 10.6 Å². The summed E-state index contributed by atoms with van der Waals surface area (Å²) in [5.41, 5.74) is 9.21. The number of nitrogen functional groups attached to an aromatic ring is 1. The van der Waals surface area contributed by atoms with Crippen molar-refractivity contribution in [3.05, 3.63) is 76.8 Å². The minimum Gasteiger partial charge on any atom is -0.368 e. The molecule has 0 radical (unpaired) electrons. The van der Waals surface area contributed by atoms with Crippen LogP contribution in [0.15, 0.2) is 54.7 Å². The maximum Gasteiger partial charge on any atom is 0.227 e. The van der Waals surface area contributed by atoms with Crippen LogP contribution in [0.1, 0.15) is 36.6 Å². The Bertz CT molecular complexity index is 1040. The van der Waals surface area contributed by atoms with Crippen molar-refractivity contribution in [2.45, 2.75) is 31.7 Å². The standard InChI is InChI=1S/C23H22ClFN4O/c24-17-8-6-16(7-9-17)19-14-27-23(26)28-22(19)20-3-1-2-12-29(20)21(30)13-15-4-10-18(25)11-5-15/h4-11,14,20H,1-3,12-13H2,(H2,26,27,28)/t20-/m1/s1. The van der Waals surface area contributed by atoms with E-state index in [1.54, 1.807) is 18.3 Å². The van der Waals surface area contributed by atoms with E-state index >= 15 is 0 Å². The number of carbonyl (C=O) groups excluding carboxylic acids is 1. The van der Waals surface area contributed by atoms with Gasteiger partial charge in [0.2, 0.25) is 11.9 Å². The smallest absolute Gasteiger partial charge is 0.227 e. The topological polar surface area (TPSA) is 72.1 Å². The van der Waals surface area contributed by atoms with E-state index in [0.717, 1.165) is 41.6 Å². The first-order chi connectivity index (χ1) is 14.5. The van der Waals surface area contributed by atoms with Crippen LogP contribution in [0.4, 0.5) is 10.3 Å². The van der Waals surface area contributed by atoms with Crippen LogP contribution in [-0.4, -0.2) is 27.3 Å². The van der Waals surface area contributed by atoms with Crippen LogP contribution in [0, 0.1) is 5.82 Å². The highest BCUT2D eigenvalue weighted by atomic mass is 35.5. The molecule has 5 nitrogen and oxygen atoms in total. The number of nitrogens with zero attached hydrogens (tertiary/aromatic N) is 3. The molecule has 30 heavy (non-hydrogen) atoms. The molecule has 0 spiro atoms. The number of aromatic nitrogens is 2. The Morgan fingerprint density at radius 3 is 2.60 bits per heavy atom. The molecule has 7 heteroatoms. The molecule has 1 atom stereocenters. The average molecular weight is 425 g/mol. The van der Waals surface area contributed by atoms with Crippen molar-refractivity contribution in [3.8, 4) is 11.1 Å². The van der Waals surface area contributed by atoms with E-state index in [2.05, 4.69) is 9.97 Å². The van der Waals surface area contributed by atoms with E-state index in [-0.39, 0.29) is 30.1 Å². The predicted octanol–water partition coefficient (Wildman–Crippen LogP) is 4.81. The molecule has 1 fully saturated rings. The normalized spacial score (nSPS) is 16.5. The quantitative estimate of drug-likeness (QED) is 0.652. The van der Waals surface area contributed by atoms with Crippen LogP contribution in [0.2, 0.25) is 5.02 Å². The summed E-state index contributed by atoms with van der Waals surface area (Å²) in [5.74, 6) is -0.143. The number of carbonyl (C=O) groups is 1. The number of amides is 1. The van der Waals surface area contributed by atoms with Crippen molar-refractivity contribution >= 4 is 23.5 Å². The van der Waals surface area contributed by atoms with Gasteiger partial charge in [0.25, 0.3) is 0 Å². The maximum absolute atomic E-state index is 13.2. The van der Waals surface area contributed by atoms with Gasteiger partial charge in [0.1, 0.15) is 5.82 Å². The second-order valence-corrected chi connectivity index (χ2v) is 7.87. The Hall–Kier alpha value is -2.99. The fourth-order valence-corrected chi connectivity index (χ4v) is 4.03. The van der Waals surface area contributed by atoms with Gasteiger partial charge in [-0.3, -0.25) is 4.79 Å². The Kier molecular flexibility index (Phi) is 5.95. The molecule has 1 aliphatic rings. The molecule has 154 valence electrons. The van der Waals surface area contributed by atoms with Gasteiger partial charge in [-0.15, -0.1) is 0 Å². The zero-order valence-electron chi connectivity index (χ0n) is 16.4. The molecular weight excluding hydrogens is 403 g/mol. The molecule has 1 aromatic heterocycles. The fraction of sp³-hybridized carbons (Fsp3) is 0.261. The third-order valence-electron chi connectivity index (χ3n) is 5.40. The summed E-state index contributed by atoms with van der Waals surface area (Å²) >= 11 is 6.04. The van der Waals surface area contributed by atoms with Crippen LogP contribution in [0.5, 0.6) is 0 Å². The lowest BCUT2D eigenvalue weighted by molar-refractivity contribution is -0.134. The summed E-state index contributed by atoms with van der Waals surface area (Å²) in [4.78, 5) is 23.7. The van der Waals surface area contributed by atoms with Crippen molar-refractivity contribution in [2.24, 2.45) is 0 Å². The zero-order valence-corrected chi connectivity index (χ0v) is 17.1. The summed E-state index contributed by atoms with van der Waals surface area (Å²) in [7, 11) is 0. The van der Waals surface area contributed by atoms with E-state index in [1.165, 1.54) is 12.1 Å². The number of anilines is 1. The SMILES string of the molecule is Nc1ncc(-c2ccc(Cl)cc2)c([C@H]2CCCCN2C(=O)Cc2ccc(F)cc2)n1. The van der Waals surface area contributed by atoms with Gasteiger partial charge in [-0.25, -0.2) is 14.4 Å². The Labute approximate surface area is 179 Å². The monoisotopic (exact) mass is 424 g/mol. The first-order valence-electron chi connectivity index (χ1n) is 9.93. The Balaban J connectivity index is 1.67. The van der Waals surface area contributed by atoms with Crippen molar-refractivity contribution < 1.29 is 9.18 Å². The highest BCUT2D eigenvalue weighted by Gasteiger charge is 2.31. The number of halogens is 2. The van der Waals surface area contributed by atoms with Gasteiger partial charge in [0.15, 0.2) is 0 Å². The van der Waals surface area contributed by atoms with Crippen molar-refractivity contribution in [1.29, 1.82) is 0 Å². The van der Waals surface area contributed by atoms with Crippen LogP contribution < -0.4 is 5.73 Å². The summed E-state index contributed by atoms with van der Waals surface area (Å²) in [5, 5.41) is 0.644. The molecule has 1 saturated heterocycles. The lowest BCUT2D eigenvalue weighted by Crippen LogP contribution is -2.40. The number of rotatable bonds is 4. The van der Waals surface area contributed by atoms with Gasteiger partial charge in [0.05, 0.1) is 18.2 Å². The highest BCUT2D eigenvalue weighted by molar-refractivity contribution is 6.30. The second-order valence-electron chi connectivity index (χ2n) is 7.44. The first kappa shape index (κ1) is 20.3. The molecule has 3 aromatic rings. The Morgan fingerprint density at radius 2 is 1.87 bits per heavy atom. The molecule has 2 heterocycles. The highest BCUT2D eigenvalue weighted by Crippen LogP contribution is 2.36. The summed E-state index contributed by atoms with van der Waals surface area (Å²) in [6.07, 6.45) is 4.65. The molecule has 1 amide bonds. The van der Waals surface area contributed by atoms with E-state index in [0.29, 0.717) is 11.6 Å². The Morgan fingerprint density at radius 1 is 1.13 bits per heavy atom. The molecule has 0 unspecified atom stereocenters. The van der Waals surface area contributed by atoms with Crippen molar-refractivity contribution in [3.63, 3.8) is 0 Å². The number of piperidine rings is 1. The molecule has 2 N–H and O–H groups in total. The van der Waals surface area contributed by atoms with Crippen LogP contribution in [0.3, 0.4) is 0 Å². The van der Waals surface area contributed by atoms with Crippen molar-refractivity contribution in [2.75, 3.05) is 12.3 Å². The number of hydrogen-bond donors (Lipinski definition) is 1. The van der Waals surface area contributed by atoms with Crippen LogP contribution in [-0.2, 0) is 11.2 Å². The third-order valence-corrected chi connectivity index (χ3v) is 5.65. The summed E-state index contributed by atoms with van der Waals surface area (Å²) in [6.45, 7) is 0.647. The summed E-state index contributed by atoms with van der Waals surface area (Å²) < 4.78 is 13.2. The molecule has 1 aliphatic heterocycles. The number of hydrogen-bond acceptors (Lipinski definition) is 4. The van der Waals surface area contributed by atoms with E-state index in [4.69, 9.17) is 17.3 Å². The molecule has 0 bridgehead atoms.